The summed E-state index contributed by atoms with van der Waals surface area (Å²) < 4.78 is 8.24. The molecule has 1 aromatic carbocycles. The Morgan fingerprint density at radius 3 is 2.68 bits per heavy atom. The van der Waals surface area contributed by atoms with Crippen LogP contribution in [-0.2, 0) is 12.8 Å². The molecule has 6 nitrogen and oxygen atoms in total. The van der Waals surface area contributed by atoms with E-state index in [9.17, 15) is 10.1 Å². The summed E-state index contributed by atoms with van der Waals surface area (Å²) in [5, 5.41) is 11.6. The lowest BCUT2D eigenvalue weighted by molar-refractivity contribution is -0.389. The van der Waals surface area contributed by atoms with Gasteiger partial charge in [0.15, 0.2) is 17.1 Å². The van der Waals surface area contributed by atoms with Crippen LogP contribution in [0.4, 0.5) is 5.82 Å². The molecule has 0 amide bonds. The number of aromatic nitrogens is 2. The first kappa shape index (κ1) is 13.5. The van der Waals surface area contributed by atoms with E-state index in [0.717, 1.165) is 41.6 Å². The molecule has 0 bridgehead atoms. The molecule has 4 rings (SSSR count). The van der Waals surface area contributed by atoms with Crippen molar-refractivity contribution in [2.24, 2.45) is 0 Å². The zero-order valence-corrected chi connectivity index (χ0v) is 13.2. The lowest BCUT2D eigenvalue weighted by atomic mass is 10.0. The van der Waals surface area contributed by atoms with E-state index in [2.05, 4.69) is 20.9 Å². The fourth-order valence-electron chi connectivity index (χ4n) is 2.99. The Morgan fingerprint density at radius 1 is 1.23 bits per heavy atom. The molecule has 1 aliphatic rings. The Kier molecular flexibility index (Phi) is 3.04. The first-order valence-corrected chi connectivity index (χ1v) is 7.88. The highest BCUT2D eigenvalue weighted by atomic mass is 79.9. The number of halogens is 1. The zero-order valence-electron chi connectivity index (χ0n) is 11.6. The number of hydrogen-bond donors (Lipinski definition) is 0. The maximum atomic E-state index is 11.6. The highest BCUT2D eigenvalue weighted by Crippen LogP contribution is 2.36. The van der Waals surface area contributed by atoms with E-state index in [1.807, 2.05) is 24.3 Å². The van der Waals surface area contributed by atoms with Gasteiger partial charge in [-0.3, -0.25) is 0 Å². The number of oxazole rings is 1. The minimum absolute atomic E-state index is 0.00998. The van der Waals surface area contributed by atoms with Gasteiger partial charge in [-0.1, -0.05) is 28.1 Å². The standard InChI is InChI=1S/C15H12BrN3O3/c16-10-7-5-9(6-8-10)13-14(19(20)21)18-11-3-1-2-4-12(11)22-15(18)17-13/h5-8H,1-4H2. The van der Waals surface area contributed by atoms with Crippen molar-refractivity contribution in [2.45, 2.75) is 25.7 Å². The van der Waals surface area contributed by atoms with E-state index in [-0.39, 0.29) is 10.7 Å². The molecule has 1 aliphatic carbocycles. The molecule has 0 N–H and O–H groups in total. The van der Waals surface area contributed by atoms with Crippen LogP contribution in [0.1, 0.15) is 24.3 Å². The van der Waals surface area contributed by atoms with Crippen LogP contribution in [0.25, 0.3) is 17.1 Å². The summed E-state index contributed by atoms with van der Waals surface area (Å²) >= 11 is 3.36. The van der Waals surface area contributed by atoms with Crippen molar-refractivity contribution in [1.82, 2.24) is 9.38 Å². The van der Waals surface area contributed by atoms with Gasteiger partial charge in [-0.05, 0) is 29.9 Å². The number of nitro groups is 1. The summed E-state index contributed by atoms with van der Waals surface area (Å²) in [7, 11) is 0. The summed E-state index contributed by atoms with van der Waals surface area (Å²) in [5.41, 5.74) is 1.95. The third-order valence-electron chi connectivity index (χ3n) is 3.99. The first-order valence-electron chi connectivity index (χ1n) is 7.08. The summed E-state index contributed by atoms with van der Waals surface area (Å²) in [6, 6.07) is 7.31. The van der Waals surface area contributed by atoms with Gasteiger partial charge in [-0.25, -0.2) is 0 Å². The van der Waals surface area contributed by atoms with Gasteiger partial charge in [0.2, 0.25) is 0 Å². The van der Waals surface area contributed by atoms with E-state index in [1.165, 1.54) is 0 Å². The number of imidazole rings is 1. The lowest BCUT2D eigenvalue weighted by Gasteiger charge is -2.06. The highest BCUT2D eigenvalue weighted by molar-refractivity contribution is 9.10. The van der Waals surface area contributed by atoms with Crippen LogP contribution < -0.4 is 0 Å². The quantitative estimate of drug-likeness (QED) is 0.507. The number of aryl methyl sites for hydroxylation is 2. The number of rotatable bonds is 2. The summed E-state index contributed by atoms with van der Waals surface area (Å²) in [6.07, 6.45) is 3.68. The predicted octanol–water partition coefficient (Wildman–Crippen LogP) is 4.14. The van der Waals surface area contributed by atoms with E-state index in [4.69, 9.17) is 4.42 Å². The molecular weight excluding hydrogens is 350 g/mol. The second kappa shape index (κ2) is 4.95. The molecule has 0 spiro atoms. The molecule has 22 heavy (non-hydrogen) atoms. The van der Waals surface area contributed by atoms with Gasteiger partial charge < -0.3 is 14.5 Å². The van der Waals surface area contributed by atoms with Crippen LogP contribution in [0.5, 0.6) is 0 Å². The summed E-state index contributed by atoms with van der Waals surface area (Å²) in [4.78, 5) is 15.6. The minimum atomic E-state index is -0.373. The van der Waals surface area contributed by atoms with Gasteiger partial charge in [0.05, 0.1) is 0 Å². The van der Waals surface area contributed by atoms with Crippen LogP contribution >= 0.6 is 15.9 Å². The molecule has 0 saturated carbocycles. The van der Waals surface area contributed by atoms with Crippen molar-refractivity contribution in [1.29, 1.82) is 0 Å². The minimum Gasteiger partial charge on any atom is -0.408 e. The van der Waals surface area contributed by atoms with Gasteiger partial charge in [-0.2, -0.15) is 4.98 Å². The molecule has 2 heterocycles. The molecule has 0 radical (unpaired) electrons. The molecule has 0 unspecified atom stereocenters. The topological polar surface area (TPSA) is 73.6 Å². The van der Waals surface area contributed by atoms with Crippen LogP contribution in [0.2, 0.25) is 0 Å². The predicted molar refractivity (Wildman–Crippen MR) is 83.9 cm³/mol. The Morgan fingerprint density at radius 2 is 1.95 bits per heavy atom. The van der Waals surface area contributed by atoms with Crippen LogP contribution in [-0.4, -0.2) is 14.3 Å². The number of hydrogen-bond acceptors (Lipinski definition) is 4. The average Bonchev–Trinajstić information content (AvgIpc) is 3.03. The van der Waals surface area contributed by atoms with E-state index in [0.29, 0.717) is 17.1 Å². The van der Waals surface area contributed by atoms with E-state index in [1.54, 1.807) is 4.40 Å². The molecular formula is C15H12BrN3O3. The fraction of sp³-hybridized carbons (Fsp3) is 0.267. The average molecular weight is 362 g/mol. The Hall–Kier alpha value is -2.15. The maximum Gasteiger partial charge on any atom is 0.402 e. The highest BCUT2D eigenvalue weighted by Gasteiger charge is 2.32. The second-order valence-corrected chi connectivity index (χ2v) is 6.26. The molecule has 2 aromatic heterocycles. The van der Waals surface area contributed by atoms with Gasteiger partial charge in [0, 0.05) is 22.9 Å². The van der Waals surface area contributed by atoms with E-state index < -0.39 is 0 Å². The third-order valence-corrected chi connectivity index (χ3v) is 4.52. The van der Waals surface area contributed by atoms with Gasteiger partial charge in [-0.15, -0.1) is 4.40 Å². The van der Waals surface area contributed by atoms with Crippen LogP contribution in [0.3, 0.4) is 0 Å². The van der Waals surface area contributed by atoms with Gasteiger partial charge in [0.25, 0.3) is 0 Å². The van der Waals surface area contributed by atoms with Crippen molar-refractivity contribution >= 4 is 27.6 Å². The van der Waals surface area contributed by atoms with Crippen molar-refractivity contribution in [3.8, 4) is 11.3 Å². The van der Waals surface area contributed by atoms with Gasteiger partial charge in [0.1, 0.15) is 0 Å². The molecule has 0 saturated heterocycles. The van der Waals surface area contributed by atoms with Crippen molar-refractivity contribution in [3.05, 3.63) is 50.3 Å². The van der Waals surface area contributed by atoms with Crippen molar-refractivity contribution < 1.29 is 9.34 Å². The molecule has 112 valence electrons. The maximum absolute atomic E-state index is 11.6. The monoisotopic (exact) mass is 361 g/mol. The third kappa shape index (κ3) is 1.96. The number of nitrogens with zero attached hydrogens (tertiary/aromatic N) is 3. The zero-order chi connectivity index (χ0) is 15.3. The number of fused-ring (bicyclic) bond motifs is 3. The molecule has 3 aromatic rings. The SMILES string of the molecule is O=[N+]([O-])c1c(-c2ccc(Br)cc2)nc2oc3c(n12)CCCC3. The second-order valence-electron chi connectivity index (χ2n) is 5.35. The molecule has 0 aliphatic heterocycles. The van der Waals surface area contributed by atoms with Crippen molar-refractivity contribution in [3.63, 3.8) is 0 Å². The van der Waals surface area contributed by atoms with E-state index >= 15 is 0 Å². The Labute approximate surface area is 134 Å². The number of benzene rings is 1. The van der Waals surface area contributed by atoms with Crippen molar-refractivity contribution in [2.75, 3.05) is 0 Å². The Bertz CT molecular complexity index is 880. The van der Waals surface area contributed by atoms with Gasteiger partial charge >= 0.3 is 11.7 Å². The smallest absolute Gasteiger partial charge is 0.402 e. The van der Waals surface area contributed by atoms with Crippen LogP contribution in [0.15, 0.2) is 33.2 Å². The summed E-state index contributed by atoms with van der Waals surface area (Å²) in [5.74, 6) is 1.14. The first-order chi connectivity index (χ1) is 10.6. The molecule has 0 atom stereocenters. The molecule has 0 fully saturated rings. The fourth-order valence-corrected chi connectivity index (χ4v) is 3.26. The lowest BCUT2D eigenvalue weighted by Crippen LogP contribution is -2.05. The summed E-state index contributed by atoms with van der Waals surface area (Å²) in [6.45, 7) is 0. The molecule has 7 heteroatoms. The normalized spacial score (nSPS) is 14.2. The largest absolute Gasteiger partial charge is 0.408 e. The Balaban J connectivity index is 1.99. The van der Waals surface area contributed by atoms with Crippen LogP contribution in [0, 0.1) is 10.1 Å².